The molecule has 0 atom stereocenters. The summed E-state index contributed by atoms with van der Waals surface area (Å²) >= 11 is 0. The molecule has 1 aromatic rings. The Bertz CT molecular complexity index is 799. The van der Waals surface area contributed by atoms with Gasteiger partial charge in [-0.3, -0.25) is 14.5 Å². The van der Waals surface area contributed by atoms with Crippen molar-refractivity contribution in [2.45, 2.75) is 19.8 Å². The molecular weight excluding hydrogens is 392 g/mol. The van der Waals surface area contributed by atoms with Gasteiger partial charge in [-0.25, -0.2) is 8.42 Å². The predicted molar refractivity (Wildman–Crippen MR) is 112 cm³/mol. The van der Waals surface area contributed by atoms with E-state index in [0.29, 0.717) is 58.7 Å². The number of piperidine rings is 1. The lowest BCUT2D eigenvalue weighted by molar-refractivity contribution is -0.135. The maximum atomic E-state index is 12.6. The van der Waals surface area contributed by atoms with Gasteiger partial charge in [0, 0.05) is 50.9 Å². The van der Waals surface area contributed by atoms with E-state index in [1.54, 1.807) is 6.92 Å². The van der Waals surface area contributed by atoms with Crippen molar-refractivity contribution in [3.8, 4) is 0 Å². The number of carbonyl (C=O) groups is 2. The molecule has 8 nitrogen and oxygen atoms in total. The van der Waals surface area contributed by atoms with Crippen molar-refractivity contribution in [2.24, 2.45) is 5.92 Å². The third kappa shape index (κ3) is 5.77. The standard InChI is InChI=1S/C20H30N4O4S/c1-2-29(27,28)24-14-12-22(13-15-24)16-19(25)23-10-8-17(9-11-23)20(26)21-18-6-4-3-5-7-18/h3-7,17H,2,8-16H2,1H3,(H,21,26). The zero-order chi connectivity index (χ0) is 20.9. The van der Waals surface area contributed by atoms with Crippen LogP contribution in [-0.4, -0.2) is 85.9 Å². The number of benzene rings is 1. The molecule has 0 bridgehead atoms. The first-order valence-electron chi connectivity index (χ1n) is 10.2. The highest BCUT2D eigenvalue weighted by molar-refractivity contribution is 7.89. The normalized spacial score (nSPS) is 19.8. The average Bonchev–Trinajstić information content (AvgIpc) is 2.75. The summed E-state index contributed by atoms with van der Waals surface area (Å²) in [7, 11) is -3.16. The van der Waals surface area contributed by atoms with Crippen molar-refractivity contribution in [1.82, 2.24) is 14.1 Å². The van der Waals surface area contributed by atoms with Crippen molar-refractivity contribution < 1.29 is 18.0 Å². The SMILES string of the molecule is CCS(=O)(=O)N1CCN(CC(=O)N2CCC(C(=O)Nc3ccccc3)CC2)CC1. The van der Waals surface area contributed by atoms with E-state index < -0.39 is 10.0 Å². The first-order valence-corrected chi connectivity index (χ1v) is 11.8. The van der Waals surface area contributed by atoms with Crippen LogP contribution in [0.2, 0.25) is 0 Å². The van der Waals surface area contributed by atoms with Crippen LogP contribution < -0.4 is 5.32 Å². The Kier molecular flexibility index (Phi) is 7.26. The molecule has 2 aliphatic rings. The van der Waals surface area contributed by atoms with Crippen LogP contribution in [0.4, 0.5) is 5.69 Å². The summed E-state index contributed by atoms with van der Waals surface area (Å²) < 4.78 is 25.4. The van der Waals surface area contributed by atoms with Crippen molar-refractivity contribution in [3.05, 3.63) is 30.3 Å². The van der Waals surface area contributed by atoms with Gasteiger partial charge in [-0.2, -0.15) is 4.31 Å². The number of hydrogen-bond donors (Lipinski definition) is 1. The Balaban J connectivity index is 1.41. The Morgan fingerprint density at radius 1 is 1.00 bits per heavy atom. The van der Waals surface area contributed by atoms with Crippen LogP contribution >= 0.6 is 0 Å². The number of hydrogen-bond acceptors (Lipinski definition) is 5. The number of nitrogens with zero attached hydrogens (tertiary/aromatic N) is 3. The zero-order valence-corrected chi connectivity index (χ0v) is 17.7. The van der Waals surface area contributed by atoms with Gasteiger partial charge in [-0.15, -0.1) is 0 Å². The Morgan fingerprint density at radius 2 is 1.62 bits per heavy atom. The van der Waals surface area contributed by atoms with E-state index >= 15 is 0 Å². The van der Waals surface area contributed by atoms with Gasteiger partial charge < -0.3 is 10.2 Å². The summed E-state index contributed by atoms with van der Waals surface area (Å²) in [6.45, 7) is 5.12. The fourth-order valence-corrected chi connectivity index (χ4v) is 4.88. The third-order valence-electron chi connectivity index (χ3n) is 5.71. The van der Waals surface area contributed by atoms with Gasteiger partial charge in [0.05, 0.1) is 12.3 Å². The van der Waals surface area contributed by atoms with Gasteiger partial charge >= 0.3 is 0 Å². The number of likely N-dealkylation sites (tertiary alicyclic amines) is 1. The van der Waals surface area contributed by atoms with Crippen LogP contribution in [0.1, 0.15) is 19.8 Å². The molecule has 2 heterocycles. The molecule has 1 N–H and O–H groups in total. The number of nitrogens with one attached hydrogen (secondary N) is 1. The summed E-state index contributed by atoms with van der Waals surface area (Å²) in [6, 6.07) is 9.40. The molecule has 0 spiro atoms. The second-order valence-electron chi connectivity index (χ2n) is 7.59. The van der Waals surface area contributed by atoms with Crippen LogP contribution in [0, 0.1) is 5.92 Å². The molecule has 0 saturated carbocycles. The van der Waals surface area contributed by atoms with E-state index in [2.05, 4.69) is 5.32 Å². The molecule has 29 heavy (non-hydrogen) atoms. The first-order chi connectivity index (χ1) is 13.9. The smallest absolute Gasteiger partial charge is 0.236 e. The molecular formula is C20H30N4O4S. The summed E-state index contributed by atoms with van der Waals surface area (Å²) in [5, 5.41) is 2.94. The van der Waals surface area contributed by atoms with Crippen molar-refractivity contribution in [2.75, 3.05) is 56.9 Å². The molecule has 2 amide bonds. The minimum atomic E-state index is -3.16. The number of sulfonamides is 1. The number of rotatable bonds is 6. The number of amides is 2. The van der Waals surface area contributed by atoms with Gasteiger partial charge in [0.2, 0.25) is 21.8 Å². The number of anilines is 1. The molecule has 2 saturated heterocycles. The maximum absolute atomic E-state index is 12.6. The third-order valence-corrected chi connectivity index (χ3v) is 7.59. The Morgan fingerprint density at radius 3 is 2.21 bits per heavy atom. The lowest BCUT2D eigenvalue weighted by Crippen LogP contribution is -2.52. The highest BCUT2D eigenvalue weighted by atomic mass is 32.2. The monoisotopic (exact) mass is 422 g/mol. The van der Waals surface area contributed by atoms with E-state index in [0.717, 1.165) is 5.69 Å². The quantitative estimate of drug-likeness (QED) is 0.734. The predicted octanol–water partition coefficient (Wildman–Crippen LogP) is 0.831. The van der Waals surface area contributed by atoms with Gasteiger partial charge in [0.15, 0.2) is 0 Å². The summed E-state index contributed by atoms with van der Waals surface area (Å²) in [6.07, 6.45) is 1.32. The van der Waals surface area contributed by atoms with Crippen LogP contribution in [0.25, 0.3) is 0 Å². The van der Waals surface area contributed by atoms with Gasteiger partial charge in [-0.05, 0) is 31.9 Å². The van der Waals surface area contributed by atoms with Gasteiger partial charge in [-0.1, -0.05) is 18.2 Å². The fourth-order valence-electron chi connectivity index (χ4n) is 3.80. The molecule has 160 valence electrons. The lowest BCUT2D eigenvalue weighted by Gasteiger charge is -2.36. The van der Waals surface area contributed by atoms with Crippen LogP contribution in [0.5, 0.6) is 0 Å². The van der Waals surface area contributed by atoms with Crippen molar-refractivity contribution in [1.29, 1.82) is 0 Å². The van der Waals surface area contributed by atoms with Gasteiger partial charge in [0.25, 0.3) is 0 Å². The number of carbonyl (C=O) groups excluding carboxylic acids is 2. The molecule has 3 rings (SSSR count). The highest BCUT2D eigenvalue weighted by Crippen LogP contribution is 2.20. The molecule has 0 radical (unpaired) electrons. The second-order valence-corrected chi connectivity index (χ2v) is 9.84. The topological polar surface area (TPSA) is 90.0 Å². The molecule has 1 aromatic carbocycles. The van der Waals surface area contributed by atoms with Crippen LogP contribution in [0.15, 0.2) is 30.3 Å². The van der Waals surface area contributed by atoms with Crippen LogP contribution in [0.3, 0.4) is 0 Å². The van der Waals surface area contributed by atoms with E-state index in [1.165, 1.54) is 4.31 Å². The summed E-state index contributed by atoms with van der Waals surface area (Å²) in [5.41, 5.74) is 0.792. The van der Waals surface area contributed by atoms with Gasteiger partial charge in [0.1, 0.15) is 0 Å². The number of para-hydroxylation sites is 1. The maximum Gasteiger partial charge on any atom is 0.236 e. The molecule has 0 unspecified atom stereocenters. The zero-order valence-electron chi connectivity index (χ0n) is 16.9. The fraction of sp³-hybridized carbons (Fsp3) is 0.600. The largest absolute Gasteiger partial charge is 0.342 e. The Hall–Kier alpha value is -1.97. The van der Waals surface area contributed by atoms with Crippen molar-refractivity contribution in [3.63, 3.8) is 0 Å². The van der Waals surface area contributed by atoms with Crippen molar-refractivity contribution >= 4 is 27.5 Å². The van der Waals surface area contributed by atoms with Crippen LogP contribution in [-0.2, 0) is 19.6 Å². The average molecular weight is 423 g/mol. The lowest BCUT2D eigenvalue weighted by atomic mass is 9.95. The molecule has 0 aliphatic carbocycles. The molecule has 2 aliphatic heterocycles. The first kappa shape index (κ1) is 21.7. The molecule has 0 aromatic heterocycles. The van der Waals surface area contributed by atoms with E-state index in [4.69, 9.17) is 0 Å². The Labute approximate surface area is 172 Å². The minimum Gasteiger partial charge on any atom is -0.342 e. The highest BCUT2D eigenvalue weighted by Gasteiger charge is 2.30. The summed E-state index contributed by atoms with van der Waals surface area (Å²) in [5.74, 6) is 0.0935. The number of piperazine rings is 1. The molecule has 2 fully saturated rings. The second kappa shape index (κ2) is 9.69. The van der Waals surface area contributed by atoms with E-state index in [-0.39, 0.29) is 23.5 Å². The van der Waals surface area contributed by atoms with E-state index in [9.17, 15) is 18.0 Å². The minimum absolute atomic E-state index is 0.0107. The molecule has 9 heteroatoms. The summed E-state index contributed by atoms with van der Waals surface area (Å²) in [4.78, 5) is 28.9. The van der Waals surface area contributed by atoms with E-state index in [1.807, 2.05) is 40.1 Å².